The van der Waals surface area contributed by atoms with Gasteiger partial charge in [0.1, 0.15) is 0 Å². The van der Waals surface area contributed by atoms with E-state index in [0.29, 0.717) is 0 Å². The lowest BCUT2D eigenvalue weighted by Crippen LogP contribution is -2.21. The molecule has 0 atom stereocenters. The van der Waals surface area contributed by atoms with Crippen LogP contribution in [-0.4, -0.2) is 26.7 Å². The van der Waals surface area contributed by atoms with Crippen molar-refractivity contribution in [3.8, 4) is 0 Å². The highest BCUT2D eigenvalue weighted by Crippen LogP contribution is 2.29. The second-order valence-corrected chi connectivity index (χ2v) is 5.31. The lowest BCUT2D eigenvalue weighted by atomic mass is 10.0. The molecule has 18 heavy (non-hydrogen) atoms. The van der Waals surface area contributed by atoms with E-state index in [1.807, 2.05) is 18.2 Å². The summed E-state index contributed by atoms with van der Waals surface area (Å²) in [6.07, 6.45) is 3.64. The van der Waals surface area contributed by atoms with Crippen LogP contribution in [0.1, 0.15) is 18.4 Å². The number of methoxy groups -OCH3 is 1. The number of fused-ring (bicyclic) bond motifs is 1. The Morgan fingerprint density at radius 2 is 2.22 bits per heavy atom. The SMILES string of the molecule is COC(=O)/C1=C/c2cc(Br)ccc2N(C)CCC1. The summed E-state index contributed by atoms with van der Waals surface area (Å²) in [6, 6.07) is 6.11. The Balaban J connectivity index is 2.49. The van der Waals surface area contributed by atoms with Gasteiger partial charge in [-0.1, -0.05) is 15.9 Å². The Kier molecular flexibility index (Phi) is 4.07. The van der Waals surface area contributed by atoms with E-state index < -0.39 is 0 Å². The van der Waals surface area contributed by atoms with Crippen LogP contribution in [0.5, 0.6) is 0 Å². The molecular formula is C14H16BrNO2. The topological polar surface area (TPSA) is 29.5 Å². The maximum Gasteiger partial charge on any atom is 0.333 e. The molecule has 0 saturated carbocycles. The first-order chi connectivity index (χ1) is 8.61. The molecule has 3 nitrogen and oxygen atoms in total. The Bertz CT molecular complexity index is 497. The fourth-order valence-corrected chi connectivity index (χ4v) is 2.55. The second kappa shape index (κ2) is 5.57. The summed E-state index contributed by atoms with van der Waals surface area (Å²) < 4.78 is 5.84. The molecular weight excluding hydrogens is 294 g/mol. The minimum atomic E-state index is -0.231. The van der Waals surface area contributed by atoms with E-state index in [-0.39, 0.29) is 5.97 Å². The molecule has 1 aliphatic rings. The Hall–Kier alpha value is -1.29. The summed E-state index contributed by atoms with van der Waals surface area (Å²) in [5.41, 5.74) is 2.93. The van der Waals surface area contributed by atoms with Gasteiger partial charge in [-0.05, 0) is 42.7 Å². The van der Waals surface area contributed by atoms with Gasteiger partial charge in [0.2, 0.25) is 0 Å². The highest BCUT2D eigenvalue weighted by molar-refractivity contribution is 9.10. The summed E-state index contributed by atoms with van der Waals surface area (Å²) in [5.74, 6) is -0.231. The first-order valence-corrected chi connectivity index (χ1v) is 6.70. The Labute approximate surface area is 116 Å². The number of hydrogen-bond acceptors (Lipinski definition) is 3. The fourth-order valence-electron chi connectivity index (χ4n) is 2.17. The number of carbonyl (C=O) groups excluding carboxylic acids is 1. The van der Waals surface area contributed by atoms with Crippen molar-refractivity contribution < 1.29 is 9.53 Å². The van der Waals surface area contributed by atoms with Gasteiger partial charge < -0.3 is 9.64 Å². The number of esters is 1. The predicted octanol–water partition coefficient (Wildman–Crippen LogP) is 3.24. The number of rotatable bonds is 1. The zero-order valence-electron chi connectivity index (χ0n) is 10.6. The van der Waals surface area contributed by atoms with Gasteiger partial charge in [-0.2, -0.15) is 0 Å². The molecule has 0 amide bonds. The molecule has 96 valence electrons. The number of anilines is 1. The summed E-state index contributed by atoms with van der Waals surface area (Å²) >= 11 is 3.47. The molecule has 4 heteroatoms. The lowest BCUT2D eigenvalue weighted by Gasteiger charge is -2.24. The van der Waals surface area contributed by atoms with Gasteiger partial charge in [0.05, 0.1) is 7.11 Å². The molecule has 0 radical (unpaired) electrons. The first kappa shape index (κ1) is 13.1. The van der Waals surface area contributed by atoms with Crippen molar-refractivity contribution >= 4 is 33.7 Å². The summed E-state index contributed by atoms with van der Waals surface area (Å²) in [6.45, 7) is 0.933. The van der Waals surface area contributed by atoms with Crippen LogP contribution in [0, 0.1) is 0 Å². The van der Waals surface area contributed by atoms with E-state index in [2.05, 4.69) is 33.9 Å². The van der Waals surface area contributed by atoms with Crippen LogP contribution in [0.4, 0.5) is 5.69 Å². The number of nitrogens with zero attached hydrogens (tertiary/aromatic N) is 1. The molecule has 2 rings (SSSR count). The zero-order valence-corrected chi connectivity index (χ0v) is 12.2. The van der Waals surface area contributed by atoms with Gasteiger partial charge in [0.15, 0.2) is 0 Å². The van der Waals surface area contributed by atoms with Crippen molar-refractivity contribution in [3.63, 3.8) is 0 Å². The van der Waals surface area contributed by atoms with Gasteiger partial charge >= 0.3 is 5.97 Å². The van der Waals surface area contributed by atoms with Crippen LogP contribution >= 0.6 is 15.9 Å². The predicted molar refractivity (Wildman–Crippen MR) is 76.6 cm³/mol. The van der Waals surface area contributed by atoms with E-state index in [4.69, 9.17) is 4.74 Å². The third-order valence-electron chi connectivity index (χ3n) is 3.12. The quantitative estimate of drug-likeness (QED) is 0.746. The fraction of sp³-hybridized carbons (Fsp3) is 0.357. The van der Waals surface area contributed by atoms with Crippen LogP contribution in [0.15, 0.2) is 28.2 Å². The van der Waals surface area contributed by atoms with Crippen molar-refractivity contribution in [1.82, 2.24) is 0 Å². The number of carbonyl (C=O) groups is 1. The molecule has 0 unspecified atom stereocenters. The van der Waals surface area contributed by atoms with Gasteiger partial charge in [0, 0.05) is 29.3 Å². The van der Waals surface area contributed by atoms with Crippen LogP contribution in [0.2, 0.25) is 0 Å². The molecule has 0 fully saturated rings. The largest absolute Gasteiger partial charge is 0.466 e. The van der Waals surface area contributed by atoms with E-state index in [0.717, 1.165) is 40.7 Å². The van der Waals surface area contributed by atoms with Gasteiger partial charge in [-0.25, -0.2) is 4.79 Å². The Morgan fingerprint density at radius 1 is 1.44 bits per heavy atom. The number of ether oxygens (including phenoxy) is 1. The van der Waals surface area contributed by atoms with Crippen molar-refractivity contribution in [2.45, 2.75) is 12.8 Å². The summed E-state index contributed by atoms with van der Waals surface area (Å²) in [5, 5.41) is 0. The minimum absolute atomic E-state index is 0.231. The average Bonchev–Trinajstić information content (AvgIpc) is 2.34. The van der Waals surface area contributed by atoms with Gasteiger partial charge in [0.25, 0.3) is 0 Å². The molecule has 1 aromatic carbocycles. The molecule has 0 spiro atoms. The highest BCUT2D eigenvalue weighted by Gasteiger charge is 2.16. The number of hydrogen-bond donors (Lipinski definition) is 0. The number of halogens is 1. The standard InChI is InChI=1S/C14H16BrNO2/c1-16-7-3-4-10(14(17)18-2)8-11-9-12(15)5-6-13(11)16/h5-6,8-9H,3-4,7H2,1-2H3/b10-8+. The highest BCUT2D eigenvalue weighted by atomic mass is 79.9. The molecule has 0 aromatic heterocycles. The summed E-state index contributed by atoms with van der Waals surface area (Å²) in [7, 11) is 3.50. The van der Waals surface area contributed by atoms with Gasteiger partial charge in [-0.3, -0.25) is 0 Å². The summed E-state index contributed by atoms with van der Waals surface area (Å²) in [4.78, 5) is 13.9. The third kappa shape index (κ3) is 2.75. The van der Waals surface area contributed by atoms with Crippen LogP contribution in [0.3, 0.4) is 0 Å². The maximum atomic E-state index is 11.7. The molecule has 1 heterocycles. The first-order valence-electron chi connectivity index (χ1n) is 5.91. The second-order valence-electron chi connectivity index (χ2n) is 4.39. The van der Waals surface area contributed by atoms with Crippen molar-refractivity contribution in [3.05, 3.63) is 33.8 Å². The zero-order chi connectivity index (χ0) is 13.1. The molecule has 1 aromatic rings. The van der Waals surface area contributed by atoms with Crippen molar-refractivity contribution in [1.29, 1.82) is 0 Å². The normalized spacial score (nSPS) is 18.2. The van der Waals surface area contributed by atoms with Gasteiger partial charge in [-0.15, -0.1) is 0 Å². The molecule has 1 aliphatic heterocycles. The van der Waals surface area contributed by atoms with Crippen LogP contribution < -0.4 is 4.90 Å². The maximum absolute atomic E-state index is 11.7. The molecule has 0 bridgehead atoms. The average molecular weight is 310 g/mol. The van der Waals surface area contributed by atoms with E-state index in [1.165, 1.54) is 7.11 Å². The monoisotopic (exact) mass is 309 g/mol. The number of benzene rings is 1. The minimum Gasteiger partial charge on any atom is -0.466 e. The van der Waals surface area contributed by atoms with Crippen molar-refractivity contribution in [2.24, 2.45) is 0 Å². The smallest absolute Gasteiger partial charge is 0.333 e. The molecule has 0 N–H and O–H groups in total. The van der Waals surface area contributed by atoms with Crippen LogP contribution in [0.25, 0.3) is 6.08 Å². The van der Waals surface area contributed by atoms with Crippen LogP contribution in [-0.2, 0) is 9.53 Å². The van der Waals surface area contributed by atoms with E-state index in [1.54, 1.807) is 0 Å². The van der Waals surface area contributed by atoms with Crippen molar-refractivity contribution in [2.75, 3.05) is 25.6 Å². The molecule has 0 saturated heterocycles. The Morgan fingerprint density at radius 3 is 2.94 bits per heavy atom. The van der Waals surface area contributed by atoms with E-state index >= 15 is 0 Å². The molecule has 0 aliphatic carbocycles. The van der Waals surface area contributed by atoms with E-state index in [9.17, 15) is 4.79 Å². The lowest BCUT2D eigenvalue weighted by molar-refractivity contribution is -0.136. The third-order valence-corrected chi connectivity index (χ3v) is 3.61.